The van der Waals surface area contributed by atoms with Crippen molar-refractivity contribution < 1.29 is 4.74 Å². The van der Waals surface area contributed by atoms with Gasteiger partial charge in [-0.15, -0.1) is 11.3 Å². The standard InChI is InChI=1S/C18H14N2OS/c19-10-14-16(15-6-3-9-22-15)13-8-7-11-4-1-2-5-12(11)17(13)21-18(14)20/h1-6,9,16H,7-8,20H2/t16-/m0/s1. The summed E-state index contributed by atoms with van der Waals surface area (Å²) in [6.07, 6.45) is 1.87. The number of fused-ring (bicyclic) bond motifs is 2. The molecule has 1 aliphatic carbocycles. The Morgan fingerprint density at radius 3 is 2.82 bits per heavy atom. The minimum atomic E-state index is -0.0675. The summed E-state index contributed by atoms with van der Waals surface area (Å²) in [5, 5.41) is 11.6. The molecule has 1 aromatic carbocycles. The maximum Gasteiger partial charge on any atom is 0.205 e. The van der Waals surface area contributed by atoms with Crippen LogP contribution in [0.5, 0.6) is 0 Å². The van der Waals surface area contributed by atoms with Gasteiger partial charge in [0.1, 0.15) is 17.4 Å². The van der Waals surface area contributed by atoms with E-state index in [2.05, 4.69) is 24.3 Å². The first-order chi connectivity index (χ1) is 10.8. The van der Waals surface area contributed by atoms with Crippen molar-refractivity contribution in [1.82, 2.24) is 0 Å². The lowest BCUT2D eigenvalue weighted by Crippen LogP contribution is -2.22. The molecule has 1 aromatic heterocycles. The molecule has 0 radical (unpaired) electrons. The highest BCUT2D eigenvalue weighted by molar-refractivity contribution is 7.10. The molecular formula is C18H14N2OS. The molecule has 22 heavy (non-hydrogen) atoms. The highest BCUT2D eigenvalue weighted by Crippen LogP contribution is 2.47. The monoisotopic (exact) mass is 306 g/mol. The van der Waals surface area contributed by atoms with E-state index in [1.165, 1.54) is 11.1 Å². The Hall–Kier alpha value is -2.51. The molecule has 108 valence electrons. The summed E-state index contributed by atoms with van der Waals surface area (Å²) in [5.41, 5.74) is 10.1. The van der Waals surface area contributed by atoms with Gasteiger partial charge in [-0.3, -0.25) is 0 Å². The van der Waals surface area contributed by atoms with Gasteiger partial charge in [-0.05, 0) is 35.4 Å². The van der Waals surface area contributed by atoms with E-state index in [1.54, 1.807) is 11.3 Å². The van der Waals surface area contributed by atoms with Crippen LogP contribution < -0.4 is 5.73 Å². The summed E-state index contributed by atoms with van der Waals surface area (Å²) in [4.78, 5) is 1.15. The van der Waals surface area contributed by atoms with Crippen molar-refractivity contribution in [2.75, 3.05) is 0 Å². The van der Waals surface area contributed by atoms with Crippen LogP contribution in [0, 0.1) is 11.3 Å². The highest BCUT2D eigenvalue weighted by Gasteiger charge is 2.36. The van der Waals surface area contributed by atoms with Crippen molar-refractivity contribution in [3.8, 4) is 6.07 Å². The Bertz CT molecular complexity index is 840. The SMILES string of the molecule is N#CC1=C(N)OC2=C(CCc3ccccc32)[C@@H]1c1cccs1. The number of benzene rings is 1. The minimum Gasteiger partial charge on any atom is -0.440 e. The van der Waals surface area contributed by atoms with Crippen LogP contribution in [-0.2, 0) is 11.2 Å². The van der Waals surface area contributed by atoms with Crippen molar-refractivity contribution in [1.29, 1.82) is 5.26 Å². The van der Waals surface area contributed by atoms with Crippen LogP contribution in [0.15, 0.2) is 58.8 Å². The third-order valence-electron chi connectivity index (χ3n) is 4.28. The number of thiophene rings is 1. The second-order valence-electron chi connectivity index (χ2n) is 5.45. The largest absolute Gasteiger partial charge is 0.440 e. The average Bonchev–Trinajstić information content (AvgIpc) is 3.07. The van der Waals surface area contributed by atoms with Crippen molar-refractivity contribution >= 4 is 17.1 Å². The number of hydrogen-bond acceptors (Lipinski definition) is 4. The normalized spacial score (nSPS) is 20.0. The van der Waals surface area contributed by atoms with Crippen LogP contribution in [0.1, 0.15) is 28.3 Å². The fraction of sp³-hybridized carbons (Fsp3) is 0.167. The molecule has 4 heteroatoms. The van der Waals surface area contributed by atoms with Gasteiger partial charge in [0.2, 0.25) is 5.88 Å². The lowest BCUT2D eigenvalue weighted by Gasteiger charge is -2.32. The summed E-state index contributed by atoms with van der Waals surface area (Å²) in [6.45, 7) is 0. The molecule has 4 rings (SSSR count). The zero-order valence-corrected chi connectivity index (χ0v) is 12.7. The maximum absolute atomic E-state index is 9.53. The number of allylic oxidation sites excluding steroid dienone is 2. The van der Waals surface area contributed by atoms with E-state index in [1.807, 2.05) is 23.6 Å². The molecule has 0 bridgehead atoms. The van der Waals surface area contributed by atoms with Crippen LogP contribution in [0.25, 0.3) is 5.76 Å². The maximum atomic E-state index is 9.53. The topological polar surface area (TPSA) is 59.0 Å². The molecule has 2 aliphatic rings. The molecule has 0 fully saturated rings. The zero-order chi connectivity index (χ0) is 15.1. The molecule has 0 amide bonds. The smallest absolute Gasteiger partial charge is 0.205 e. The van der Waals surface area contributed by atoms with Crippen LogP contribution in [0.2, 0.25) is 0 Å². The number of ether oxygens (including phenoxy) is 1. The van der Waals surface area contributed by atoms with E-state index in [4.69, 9.17) is 10.5 Å². The van der Waals surface area contributed by atoms with Crippen LogP contribution in [0.3, 0.4) is 0 Å². The van der Waals surface area contributed by atoms with Crippen LogP contribution >= 0.6 is 11.3 Å². The molecule has 0 saturated heterocycles. The van der Waals surface area contributed by atoms with E-state index < -0.39 is 0 Å². The second kappa shape index (κ2) is 5.04. The highest BCUT2D eigenvalue weighted by atomic mass is 32.1. The van der Waals surface area contributed by atoms with Crippen molar-refractivity contribution in [2.24, 2.45) is 5.73 Å². The average molecular weight is 306 g/mol. The molecular weight excluding hydrogens is 292 g/mol. The number of hydrogen-bond donors (Lipinski definition) is 1. The van der Waals surface area contributed by atoms with Gasteiger partial charge in [-0.2, -0.15) is 5.26 Å². The number of rotatable bonds is 1. The van der Waals surface area contributed by atoms with Crippen molar-refractivity contribution in [2.45, 2.75) is 18.8 Å². The van der Waals surface area contributed by atoms with Gasteiger partial charge in [-0.25, -0.2) is 0 Å². The Balaban J connectivity index is 1.93. The Morgan fingerprint density at radius 1 is 1.18 bits per heavy atom. The fourth-order valence-electron chi connectivity index (χ4n) is 3.28. The summed E-state index contributed by atoms with van der Waals surface area (Å²) in [7, 11) is 0. The first kappa shape index (κ1) is 13.2. The first-order valence-corrected chi connectivity index (χ1v) is 8.10. The number of nitrogens with two attached hydrogens (primary N) is 1. The van der Waals surface area contributed by atoms with Crippen molar-refractivity contribution in [3.05, 3.63) is 74.8 Å². The van der Waals surface area contributed by atoms with E-state index >= 15 is 0 Å². The predicted octanol–water partition coefficient (Wildman–Crippen LogP) is 3.91. The third-order valence-corrected chi connectivity index (χ3v) is 5.22. The predicted molar refractivity (Wildman–Crippen MR) is 86.7 cm³/mol. The number of nitriles is 1. The van der Waals surface area contributed by atoms with E-state index in [0.717, 1.165) is 29.0 Å². The molecule has 3 nitrogen and oxygen atoms in total. The number of aryl methyl sites for hydroxylation is 1. The third kappa shape index (κ3) is 1.87. The minimum absolute atomic E-state index is 0.0675. The van der Waals surface area contributed by atoms with Gasteiger partial charge in [0, 0.05) is 10.4 Å². The van der Waals surface area contributed by atoms with Gasteiger partial charge in [-0.1, -0.05) is 30.3 Å². The van der Waals surface area contributed by atoms with Crippen LogP contribution in [0.4, 0.5) is 0 Å². The molecule has 1 aliphatic heterocycles. The molecule has 0 unspecified atom stereocenters. The zero-order valence-electron chi connectivity index (χ0n) is 11.9. The molecule has 0 spiro atoms. The Kier molecular flexibility index (Phi) is 3.02. The molecule has 0 saturated carbocycles. The summed E-state index contributed by atoms with van der Waals surface area (Å²) in [5.74, 6) is 1.01. The lowest BCUT2D eigenvalue weighted by atomic mass is 9.79. The van der Waals surface area contributed by atoms with Crippen LogP contribution in [-0.4, -0.2) is 0 Å². The molecule has 2 aromatic rings. The van der Waals surface area contributed by atoms with E-state index in [9.17, 15) is 5.26 Å². The lowest BCUT2D eigenvalue weighted by molar-refractivity contribution is 0.350. The van der Waals surface area contributed by atoms with Gasteiger partial charge < -0.3 is 10.5 Å². The second-order valence-corrected chi connectivity index (χ2v) is 6.43. The molecule has 1 atom stereocenters. The van der Waals surface area contributed by atoms with E-state index in [0.29, 0.717) is 5.57 Å². The number of nitrogens with zero attached hydrogens (tertiary/aromatic N) is 1. The quantitative estimate of drug-likeness (QED) is 0.869. The first-order valence-electron chi connectivity index (χ1n) is 7.22. The summed E-state index contributed by atoms with van der Waals surface area (Å²) < 4.78 is 5.87. The van der Waals surface area contributed by atoms with Gasteiger partial charge >= 0.3 is 0 Å². The summed E-state index contributed by atoms with van der Waals surface area (Å²) >= 11 is 1.66. The fourth-order valence-corrected chi connectivity index (χ4v) is 4.15. The van der Waals surface area contributed by atoms with Gasteiger partial charge in [0.15, 0.2) is 0 Å². The van der Waals surface area contributed by atoms with Gasteiger partial charge in [0.25, 0.3) is 0 Å². The molecule has 2 heterocycles. The molecule has 2 N–H and O–H groups in total. The van der Waals surface area contributed by atoms with E-state index in [-0.39, 0.29) is 11.8 Å². The Labute approximate surface area is 133 Å². The van der Waals surface area contributed by atoms with Gasteiger partial charge in [0.05, 0.1) is 5.92 Å². The van der Waals surface area contributed by atoms with Crippen molar-refractivity contribution in [3.63, 3.8) is 0 Å². The summed E-state index contributed by atoms with van der Waals surface area (Å²) in [6, 6.07) is 14.6. The Morgan fingerprint density at radius 2 is 2.05 bits per heavy atom.